The summed E-state index contributed by atoms with van der Waals surface area (Å²) in [6.45, 7) is 1.94. The summed E-state index contributed by atoms with van der Waals surface area (Å²) in [5, 5.41) is 6.09. The summed E-state index contributed by atoms with van der Waals surface area (Å²) in [7, 11) is -3.35. The molecule has 1 aromatic rings. The smallest absolute Gasteiger partial charge is 0.251 e. The first kappa shape index (κ1) is 19.2. The molecule has 2 amide bonds. The monoisotopic (exact) mass is 397 g/mol. The molecule has 0 aliphatic carbocycles. The van der Waals surface area contributed by atoms with Crippen molar-refractivity contribution in [2.24, 2.45) is 5.92 Å². The van der Waals surface area contributed by atoms with E-state index in [9.17, 15) is 18.0 Å². The summed E-state index contributed by atoms with van der Waals surface area (Å²) >= 11 is 1.76. The van der Waals surface area contributed by atoms with Crippen LogP contribution in [0.15, 0.2) is 29.2 Å². The molecule has 2 heterocycles. The molecule has 26 heavy (non-hydrogen) atoms. The van der Waals surface area contributed by atoms with Gasteiger partial charge in [0.2, 0.25) is 5.91 Å². The molecule has 0 saturated carbocycles. The molecule has 2 aliphatic heterocycles. The summed E-state index contributed by atoms with van der Waals surface area (Å²) in [5.74, 6) is 1.77. The van der Waals surface area contributed by atoms with Gasteiger partial charge in [-0.1, -0.05) is 6.07 Å². The molecule has 0 bridgehead atoms. The third-order valence-electron chi connectivity index (χ3n) is 4.66. The summed E-state index contributed by atoms with van der Waals surface area (Å²) in [5.41, 5.74) is 0.320. The molecule has 3 rings (SSSR count). The van der Waals surface area contributed by atoms with Crippen molar-refractivity contribution < 1.29 is 18.0 Å². The van der Waals surface area contributed by atoms with Crippen LogP contribution in [0.5, 0.6) is 0 Å². The van der Waals surface area contributed by atoms with Crippen molar-refractivity contribution in [2.75, 3.05) is 37.5 Å². The van der Waals surface area contributed by atoms with E-state index in [1.165, 1.54) is 12.1 Å². The van der Waals surface area contributed by atoms with Crippen LogP contribution in [-0.2, 0) is 14.6 Å². The molecular formula is C17H23N3O4S2. The fraction of sp³-hybridized carbons (Fsp3) is 0.529. The zero-order valence-electron chi connectivity index (χ0n) is 14.6. The quantitative estimate of drug-likeness (QED) is 0.744. The van der Waals surface area contributed by atoms with Gasteiger partial charge >= 0.3 is 0 Å². The molecule has 0 radical (unpaired) electrons. The van der Waals surface area contributed by atoms with E-state index in [1.807, 2.05) is 4.90 Å². The molecule has 2 N–H and O–H groups in total. The third-order valence-corrected chi connectivity index (χ3v) is 6.74. The fourth-order valence-electron chi connectivity index (χ4n) is 3.17. The number of rotatable bonds is 5. The Labute approximate surface area is 157 Å². The van der Waals surface area contributed by atoms with Gasteiger partial charge < -0.3 is 15.5 Å². The topological polar surface area (TPSA) is 95.6 Å². The number of nitrogens with zero attached hydrogens (tertiary/aromatic N) is 1. The lowest BCUT2D eigenvalue weighted by Crippen LogP contribution is -2.42. The van der Waals surface area contributed by atoms with Crippen LogP contribution in [-0.4, -0.2) is 68.7 Å². The van der Waals surface area contributed by atoms with Crippen LogP contribution in [0.2, 0.25) is 0 Å². The van der Waals surface area contributed by atoms with Crippen LogP contribution in [0.25, 0.3) is 0 Å². The van der Waals surface area contributed by atoms with E-state index >= 15 is 0 Å². The molecule has 2 aliphatic rings. The average Bonchev–Trinajstić information content (AvgIpc) is 3.30. The van der Waals surface area contributed by atoms with E-state index in [2.05, 4.69) is 10.6 Å². The molecule has 2 saturated heterocycles. The Morgan fingerprint density at radius 3 is 2.88 bits per heavy atom. The van der Waals surface area contributed by atoms with Gasteiger partial charge in [0.05, 0.1) is 16.8 Å². The van der Waals surface area contributed by atoms with Gasteiger partial charge in [-0.05, 0) is 30.5 Å². The number of sulfone groups is 1. The second-order valence-electron chi connectivity index (χ2n) is 6.71. The van der Waals surface area contributed by atoms with E-state index in [4.69, 9.17) is 0 Å². The maximum atomic E-state index is 12.4. The lowest BCUT2D eigenvalue weighted by atomic mass is 10.0. The van der Waals surface area contributed by atoms with Crippen molar-refractivity contribution in [3.8, 4) is 0 Å². The van der Waals surface area contributed by atoms with Crippen molar-refractivity contribution in [3.05, 3.63) is 29.8 Å². The minimum atomic E-state index is -3.35. The lowest BCUT2D eigenvalue weighted by Gasteiger charge is -2.19. The second kappa shape index (κ2) is 7.98. The van der Waals surface area contributed by atoms with Crippen LogP contribution in [0, 0.1) is 5.92 Å². The van der Waals surface area contributed by atoms with Crippen LogP contribution >= 0.6 is 11.8 Å². The van der Waals surface area contributed by atoms with Crippen molar-refractivity contribution in [1.82, 2.24) is 15.5 Å². The van der Waals surface area contributed by atoms with Gasteiger partial charge in [0, 0.05) is 37.2 Å². The van der Waals surface area contributed by atoms with E-state index in [0.717, 1.165) is 24.4 Å². The maximum Gasteiger partial charge on any atom is 0.251 e. The predicted molar refractivity (Wildman–Crippen MR) is 101 cm³/mol. The van der Waals surface area contributed by atoms with Crippen molar-refractivity contribution in [1.29, 1.82) is 0 Å². The third kappa shape index (κ3) is 4.57. The highest BCUT2D eigenvalue weighted by Crippen LogP contribution is 2.20. The van der Waals surface area contributed by atoms with Gasteiger partial charge in [-0.15, -0.1) is 11.8 Å². The van der Waals surface area contributed by atoms with Gasteiger partial charge in [-0.3, -0.25) is 9.59 Å². The van der Waals surface area contributed by atoms with Crippen LogP contribution in [0.1, 0.15) is 16.8 Å². The number of benzene rings is 1. The molecule has 0 spiro atoms. The zero-order valence-corrected chi connectivity index (χ0v) is 16.2. The number of thioether (sulfide) groups is 1. The highest BCUT2D eigenvalue weighted by atomic mass is 32.2. The molecular weight excluding hydrogens is 374 g/mol. The molecule has 2 atom stereocenters. The zero-order chi connectivity index (χ0) is 18.7. The summed E-state index contributed by atoms with van der Waals surface area (Å²) in [4.78, 5) is 26.7. The fourth-order valence-corrected chi connectivity index (χ4v) is 4.79. The number of amides is 2. The van der Waals surface area contributed by atoms with Gasteiger partial charge in [-0.2, -0.15) is 0 Å². The Bertz CT molecular complexity index is 791. The van der Waals surface area contributed by atoms with Crippen LogP contribution < -0.4 is 10.6 Å². The first-order chi connectivity index (χ1) is 12.3. The lowest BCUT2D eigenvalue weighted by molar-refractivity contribution is -0.131. The standard InChI is InChI=1S/C17H23N3O4S2/c1-26(23,24)14-4-2-3-13(8-14)16(21)19-10-12-7-15(18-9-12)17(22)20-5-6-25-11-20/h2-4,8,12,15,18H,5-7,9-11H2,1H3,(H,19,21)/t12?,15-/m0/s1. The summed E-state index contributed by atoms with van der Waals surface area (Å²) in [6.07, 6.45) is 1.81. The average molecular weight is 398 g/mol. The number of nitrogens with one attached hydrogen (secondary N) is 2. The molecule has 0 aromatic heterocycles. The van der Waals surface area contributed by atoms with E-state index in [1.54, 1.807) is 23.9 Å². The molecule has 1 unspecified atom stereocenters. The molecule has 142 valence electrons. The van der Waals surface area contributed by atoms with Crippen molar-refractivity contribution in [3.63, 3.8) is 0 Å². The summed E-state index contributed by atoms with van der Waals surface area (Å²) < 4.78 is 23.2. The van der Waals surface area contributed by atoms with E-state index in [0.29, 0.717) is 25.1 Å². The van der Waals surface area contributed by atoms with Gasteiger partial charge in [0.25, 0.3) is 5.91 Å². The SMILES string of the molecule is CS(=O)(=O)c1cccc(C(=O)NCC2CN[C@H](C(=O)N3CCSC3)C2)c1. The Kier molecular flexibility index (Phi) is 5.89. The molecule has 7 nitrogen and oxygen atoms in total. The Morgan fingerprint density at radius 1 is 1.38 bits per heavy atom. The van der Waals surface area contributed by atoms with E-state index in [-0.39, 0.29) is 28.7 Å². The Balaban J connectivity index is 1.52. The van der Waals surface area contributed by atoms with Crippen molar-refractivity contribution in [2.45, 2.75) is 17.4 Å². The van der Waals surface area contributed by atoms with Gasteiger partial charge in [-0.25, -0.2) is 8.42 Å². The largest absolute Gasteiger partial charge is 0.352 e. The maximum absolute atomic E-state index is 12.4. The van der Waals surface area contributed by atoms with Crippen LogP contribution in [0.4, 0.5) is 0 Å². The number of carbonyl (C=O) groups is 2. The second-order valence-corrected chi connectivity index (χ2v) is 9.80. The first-order valence-corrected chi connectivity index (χ1v) is 11.6. The number of hydrogen-bond donors (Lipinski definition) is 2. The van der Waals surface area contributed by atoms with E-state index < -0.39 is 9.84 Å². The summed E-state index contributed by atoms with van der Waals surface area (Å²) in [6, 6.07) is 5.83. The molecule has 2 fully saturated rings. The minimum Gasteiger partial charge on any atom is -0.352 e. The Hall–Kier alpha value is -1.58. The first-order valence-electron chi connectivity index (χ1n) is 8.53. The minimum absolute atomic E-state index is 0.127. The van der Waals surface area contributed by atoms with Crippen molar-refractivity contribution >= 4 is 33.4 Å². The Morgan fingerprint density at radius 2 is 2.19 bits per heavy atom. The van der Waals surface area contributed by atoms with Gasteiger partial charge in [0.15, 0.2) is 9.84 Å². The van der Waals surface area contributed by atoms with Gasteiger partial charge in [0.1, 0.15) is 0 Å². The highest BCUT2D eigenvalue weighted by Gasteiger charge is 2.33. The molecule has 9 heteroatoms. The van der Waals surface area contributed by atoms with Crippen LogP contribution in [0.3, 0.4) is 0 Å². The number of hydrogen-bond acceptors (Lipinski definition) is 6. The normalized spacial score (nSPS) is 23.2. The number of carbonyl (C=O) groups excluding carboxylic acids is 2. The highest BCUT2D eigenvalue weighted by molar-refractivity contribution is 7.99. The molecule has 1 aromatic carbocycles. The predicted octanol–water partition coefficient (Wildman–Crippen LogP) is 0.331.